The molecule has 11 aromatic carbocycles. The molecule has 0 atom stereocenters. The molecule has 0 saturated carbocycles. The number of rotatable bonds is 5. The Morgan fingerprint density at radius 1 is 0.262 bits per heavy atom. The molecular weight excluding hydrogens is 759 g/mol. The third-order valence-corrected chi connectivity index (χ3v) is 13.6. The van der Waals surface area contributed by atoms with E-state index in [0.29, 0.717) is 17.5 Å². The van der Waals surface area contributed by atoms with Crippen molar-refractivity contribution in [3.05, 3.63) is 200 Å². The Bertz CT molecular complexity index is 3810. The molecule has 2 aromatic heterocycles. The lowest BCUT2D eigenvalue weighted by atomic mass is 9.86. The second kappa shape index (κ2) is 13.4. The molecule has 0 saturated heterocycles. The van der Waals surface area contributed by atoms with E-state index in [1.165, 1.54) is 90.7 Å². The molecule has 0 amide bonds. The van der Waals surface area contributed by atoms with Crippen molar-refractivity contribution in [2.24, 2.45) is 0 Å². The number of thiophene rings is 1. The van der Waals surface area contributed by atoms with Gasteiger partial charge in [-0.15, -0.1) is 11.3 Å². The molecule has 4 heteroatoms. The van der Waals surface area contributed by atoms with Gasteiger partial charge in [-0.2, -0.15) is 0 Å². The number of fused-ring (bicyclic) bond motifs is 3. The van der Waals surface area contributed by atoms with Crippen molar-refractivity contribution < 1.29 is 0 Å². The van der Waals surface area contributed by atoms with Gasteiger partial charge in [-0.3, -0.25) is 0 Å². The highest BCUT2D eigenvalue weighted by atomic mass is 32.1. The Morgan fingerprint density at radius 3 is 1.28 bits per heavy atom. The summed E-state index contributed by atoms with van der Waals surface area (Å²) in [4.78, 5) is 16.4. The van der Waals surface area contributed by atoms with Gasteiger partial charge < -0.3 is 0 Å². The number of nitrogens with zero attached hydrogens (tertiary/aromatic N) is 3. The van der Waals surface area contributed by atoms with Crippen molar-refractivity contribution in [2.45, 2.75) is 0 Å². The summed E-state index contributed by atoms with van der Waals surface area (Å²) in [5.74, 6) is 1.94. The Morgan fingerprint density at radius 2 is 0.705 bits per heavy atom. The topological polar surface area (TPSA) is 38.7 Å². The van der Waals surface area contributed by atoms with E-state index in [0.717, 1.165) is 22.3 Å². The van der Waals surface area contributed by atoms with Crippen LogP contribution in [0.2, 0.25) is 0 Å². The minimum Gasteiger partial charge on any atom is -0.208 e. The fourth-order valence-electron chi connectivity index (χ4n) is 9.52. The van der Waals surface area contributed by atoms with E-state index in [1.807, 2.05) is 29.5 Å². The van der Waals surface area contributed by atoms with Gasteiger partial charge in [0.05, 0.1) is 0 Å². The molecule has 0 radical (unpaired) electrons. The molecule has 0 aliphatic rings. The highest BCUT2D eigenvalue weighted by Crippen LogP contribution is 2.44. The quantitative estimate of drug-likeness (QED) is 0.163. The van der Waals surface area contributed by atoms with Crippen LogP contribution in [0.3, 0.4) is 0 Å². The summed E-state index contributed by atoms with van der Waals surface area (Å²) in [6, 6.07) is 72.4. The van der Waals surface area contributed by atoms with Crippen LogP contribution in [0.1, 0.15) is 0 Å². The molecule has 0 N–H and O–H groups in total. The molecule has 0 aliphatic carbocycles. The minimum absolute atomic E-state index is 0.641. The maximum absolute atomic E-state index is 5.10. The first-order valence-corrected chi connectivity index (χ1v) is 21.5. The van der Waals surface area contributed by atoms with E-state index < -0.39 is 0 Å². The van der Waals surface area contributed by atoms with E-state index in [-0.39, 0.29) is 0 Å². The molecule has 0 fully saturated rings. The van der Waals surface area contributed by atoms with Crippen molar-refractivity contribution in [3.63, 3.8) is 0 Å². The van der Waals surface area contributed by atoms with Crippen LogP contribution in [0.4, 0.5) is 0 Å². The van der Waals surface area contributed by atoms with Crippen LogP contribution in [0.25, 0.3) is 130 Å². The van der Waals surface area contributed by atoms with Crippen LogP contribution in [-0.2, 0) is 0 Å². The zero-order valence-corrected chi connectivity index (χ0v) is 33.6. The van der Waals surface area contributed by atoms with Gasteiger partial charge in [-0.1, -0.05) is 176 Å². The number of hydrogen-bond donors (Lipinski definition) is 0. The van der Waals surface area contributed by atoms with Gasteiger partial charge in [-0.05, 0) is 111 Å². The van der Waals surface area contributed by atoms with Crippen molar-refractivity contribution in [1.82, 2.24) is 15.0 Å². The maximum atomic E-state index is 5.10. The second-order valence-electron chi connectivity index (χ2n) is 15.9. The van der Waals surface area contributed by atoms with Gasteiger partial charge in [0.1, 0.15) is 0 Å². The number of hydrogen-bond acceptors (Lipinski definition) is 4. The average Bonchev–Trinajstić information content (AvgIpc) is 3.77. The molecule has 3 nitrogen and oxygen atoms in total. The molecule has 0 spiro atoms. The van der Waals surface area contributed by atoms with E-state index in [1.54, 1.807) is 0 Å². The average molecular weight is 792 g/mol. The summed E-state index contributed by atoms with van der Waals surface area (Å²) in [6.45, 7) is 0. The van der Waals surface area contributed by atoms with Gasteiger partial charge >= 0.3 is 0 Å². The van der Waals surface area contributed by atoms with Gasteiger partial charge in [0, 0.05) is 26.3 Å². The molecule has 2 heterocycles. The van der Waals surface area contributed by atoms with Crippen LogP contribution in [0.5, 0.6) is 0 Å². The number of benzene rings is 10. The first-order chi connectivity index (χ1) is 30.2. The van der Waals surface area contributed by atoms with Crippen LogP contribution >= 0.6 is 11.3 Å². The lowest BCUT2D eigenvalue weighted by Crippen LogP contribution is -2.00. The van der Waals surface area contributed by atoms with Gasteiger partial charge in [0.2, 0.25) is 0 Å². The maximum Gasteiger partial charge on any atom is 0.164 e. The van der Waals surface area contributed by atoms with E-state index in [9.17, 15) is 0 Å². The molecule has 0 aliphatic heterocycles. The number of aromatic nitrogens is 3. The third kappa shape index (κ3) is 5.46. The molecule has 0 unspecified atom stereocenters. The summed E-state index contributed by atoms with van der Waals surface area (Å²) in [7, 11) is 0. The van der Waals surface area contributed by atoms with Gasteiger partial charge in [0.15, 0.2) is 17.5 Å². The minimum atomic E-state index is 0.641. The SMILES string of the molecule is c1ccc(-c2nc(-c3ccc(-c4cc5ccc6cccc7c8cccc9ccc%10cccc(c(c4)c5c67)c%10c98)cc3)nc(-c3ccc(-c4cc5ccccc5s4)cc3)n2)cc1. The normalized spacial score (nSPS) is 11.9. The summed E-state index contributed by atoms with van der Waals surface area (Å²) in [5, 5.41) is 16.6. The molecule has 13 rings (SSSR count). The fourth-order valence-corrected chi connectivity index (χ4v) is 10.6. The highest BCUT2D eigenvalue weighted by Gasteiger charge is 2.18. The fraction of sp³-hybridized carbons (Fsp3) is 0. The Labute approximate surface area is 355 Å². The summed E-state index contributed by atoms with van der Waals surface area (Å²) >= 11 is 1.81. The first kappa shape index (κ1) is 34.1. The standard InChI is InChI=1S/C57H33N3S/c1-2-9-39(10-3-1)55-58-56(60-57(59-55)41-28-21-35(22-29-41)50-33-42-11-4-5-18-49(42)61-50)40-26-19-34(20-27-40)44-31-43-30-25-38-13-7-16-46-45-15-6-12-36-23-24-37-14-8-17-47(53(37)51(36)45)48(32-44)54(43)52(38)46/h1-33H. The Kier molecular flexibility index (Phi) is 7.47. The van der Waals surface area contributed by atoms with Crippen LogP contribution in [-0.4, -0.2) is 15.0 Å². The van der Waals surface area contributed by atoms with Gasteiger partial charge in [-0.25, -0.2) is 15.0 Å². The first-order valence-electron chi connectivity index (χ1n) is 20.7. The predicted octanol–water partition coefficient (Wildman–Crippen LogP) is 15.8. The van der Waals surface area contributed by atoms with Gasteiger partial charge in [0.25, 0.3) is 0 Å². The monoisotopic (exact) mass is 791 g/mol. The highest BCUT2D eigenvalue weighted by molar-refractivity contribution is 7.22. The lowest BCUT2D eigenvalue weighted by Gasteiger charge is -2.17. The Hall–Kier alpha value is -7.79. The zero-order chi connectivity index (χ0) is 40.0. The summed E-state index contributed by atoms with van der Waals surface area (Å²) < 4.78 is 1.29. The third-order valence-electron chi connectivity index (χ3n) is 12.4. The molecule has 61 heavy (non-hydrogen) atoms. The second-order valence-corrected chi connectivity index (χ2v) is 17.0. The predicted molar refractivity (Wildman–Crippen MR) is 259 cm³/mol. The summed E-state index contributed by atoms with van der Waals surface area (Å²) in [5.41, 5.74) is 6.32. The molecule has 282 valence electrons. The largest absolute Gasteiger partial charge is 0.208 e. The van der Waals surface area contributed by atoms with Crippen molar-refractivity contribution >= 4 is 86.1 Å². The molecule has 0 bridgehead atoms. The van der Waals surface area contributed by atoms with E-state index in [2.05, 4.69) is 182 Å². The molecular formula is C57H33N3S. The van der Waals surface area contributed by atoms with Crippen LogP contribution in [0.15, 0.2) is 200 Å². The van der Waals surface area contributed by atoms with Crippen LogP contribution in [0, 0.1) is 0 Å². The van der Waals surface area contributed by atoms with Crippen LogP contribution < -0.4 is 0 Å². The zero-order valence-electron chi connectivity index (χ0n) is 32.8. The molecule has 13 aromatic rings. The smallest absolute Gasteiger partial charge is 0.164 e. The van der Waals surface area contributed by atoms with Crippen molar-refractivity contribution in [1.29, 1.82) is 0 Å². The van der Waals surface area contributed by atoms with E-state index in [4.69, 9.17) is 15.0 Å². The van der Waals surface area contributed by atoms with Crippen molar-refractivity contribution in [3.8, 4) is 55.7 Å². The van der Waals surface area contributed by atoms with E-state index >= 15 is 0 Å². The lowest BCUT2D eigenvalue weighted by molar-refractivity contribution is 1.07. The summed E-state index contributed by atoms with van der Waals surface area (Å²) in [6.07, 6.45) is 0. The Balaban J connectivity index is 0.955. The van der Waals surface area contributed by atoms with Crippen molar-refractivity contribution in [2.75, 3.05) is 0 Å².